The van der Waals surface area contributed by atoms with Crippen LogP contribution in [0.25, 0.3) is 0 Å². The number of para-hydroxylation sites is 2. The minimum atomic E-state index is -3.37. The van der Waals surface area contributed by atoms with Crippen molar-refractivity contribution < 1.29 is 17.9 Å². The van der Waals surface area contributed by atoms with E-state index in [-0.39, 0.29) is 5.91 Å². The van der Waals surface area contributed by atoms with Crippen LogP contribution in [0, 0.1) is 0 Å². The topological polar surface area (TPSA) is 75.7 Å². The van der Waals surface area contributed by atoms with Gasteiger partial charge >= 0.3 is 0 Å². The van der Waals surface area contributed by atoms with Crippen molar-refractivity contribution in [1.82, 2.24) is 4.31 Å². The summed E-state index contributed by atoms with van der Waals surface area (Å²) < 4.78 is 30.1. The SMILES string of the molecule is CCOc1ccccc1NC(=O)[C@H]1CCCN1S(C)(=O)=O. The second-order valence-corrected chi connectivity index (χ2v) is 6.89. The van der Waals surface area contributed by atoms with Gasteiger partial charge in [0.1, 0.15) is 11.8 Å². The fraction of sp³-hybridized carbons (Fsp3) is 0.500. The first-order valence-electron chi connectivity index (χ1n) is 6.93. The Hall–Kier alpha value is -1.60. The van der Waals surface area contributed by atoms with E-state index in [1.165, 1.54) is 4.31 Å². The molecule has 0 unspecified atom stereocenters. The summed E-state index contributed by atoms with van der Waals surface area (Å²) in [5.41, 5.74) is 0.560. The first-order chi connectivity index (χ1) is 9.93. The van der Waals surface area contributed by atoms with E-state index in [9.17, 15) is 13.2 Å². The van der Waals surface area contributed by atoms with E-state index in [1.807, 2.05) is 13.0 Å². The first-order valence-corrected chi connectivity index (χ1v) is 8.78. The fourth-order valence-corrected chi connectivity index (χ4v) is 3.59. The zero-order chi connectivity index (χ0) is 15.5. The van der Waals surface area contributed by atoms with Crippen LogP contribution in [0.4, 0.5) is 5.69 Å². The van der Waals surface area contributed by atoms with Crippen molar-refractivity contribution in [3.8, 4) is 5.75 Å². The average Bonchev–Trinajstić information content (AvgIpc) is 2.90. The fourth-order valence-electron chi connectivity index (χ4n) is 2.47. The smallest absolute Gasteiger partial charge is 0.242 e. The number of sulfonamides is 1. The highest BCUT2D eigenvalue weighted by Gasteiger charge is 2.36. The number of benzene rings is 1. The van der Waals surface area contributed by atoms with Gasteiger partial charge in [-0.25, -0.2) is 8.42 Å². The second kappa shape index (κ2) is 6.44. The Balaban J connectivity index is 2.15. The van der Waals surface area contributed by atoms with Crippen molar-refractivity contribution in [3.05, 3.63) is 24.3 Å². The van der Waals surface area contributed by atoms with Crippen LogP contribution < -0.4 is 10.1 Å². The van der Waals surface area contributed by atoms with E-state index in [0.717, 1.165) is 6.26 Å². The number of rotatable bonds is 5. The van der Waals surface area contributed by atoms with Crippen LogP contribution in [0.2, 0.25) is 0 Å². The van der Waals surface area contributed by atoms with E-state index in [2.05, 4.69) is 5.32 Å². The predicted octanol–water partition coefficient (Wildman–Crippen LogP) is 1.45. The Morgan fingerprint density at radius 3 is 2.81 bits per heavy atom. The Labute approximate surface area is 125 Å². The molecular weight excluding hydrogens is 292 g/mol. The zero-order valence-electron chi connectivity index (χ0n) is 12.2. The number of amides is 1. The van der Waals surface area contributed by atoms with Crippen molar-refractivity contribution in [2.45, 2.75) is 25.8 Å². The molecule has 1 aromatic carbocycles. The first kappa shape index (κ1) is 15.8. The number of carbonyl (C=O) groups excluding carboxylic acids is 1. The molecule has 0 spiro atoms. The number of hydrogen-bond donors (Lipinski definition) is 1. The quantitative estimate of drug-likeness (QED) is 0.893. The number of anilines is 1. The van der Waals surface area contributed by atoms with Crippen LogP contribution in [-0.4, -0.2) is 44.1 Å². The molecule has 0 radical (unpaired) electrons. The Kier molecular flexibility index (Phi) is 4.84. The molecule has 6 nitrogen and oxygen atoms in total. The van der Waals surface area contributed by atoms with Gasteiger partial charge in [-0.05, 0) is 31.9 Å². The van der Waals surface area contributed by atoms with Crippen LogP contribution >= 0.6 is 0 Å². The lowest BCUT2D eigenvalue weighted by Crippen LogP contribution is -2.42. The van der Waals surface area contributed by atoms with Gasteiger partial charge in [0.2, 0.25) is 15.9 Å². The van der Waals surface area contributed by atoms with Crippen LogP contribution in [-0.2, 0) is 14.8 Å². The summed E-state index contributed by atoms with van der Waals surface area (Å²) in [5.74, 6) is 0.266. The van der Waals surface area contributed by atoms with Crippen molar-refractivity contribution in [3.63, 3.8) is 0 Å². The molecule has 0 saturated carbocycles. The van der Waals surface area contributed by atoms with Gasteiger partial charge in [-0.3, -0.25) is 4.79 Å². The molecule has 0 aliphatic carbocycles. The molecule has 1 aliphatic rings. The summed E-state index contributed by atoms with van der Waals surface area (Å²) in [5, 5.41) is 2.77. The highest BCUT2D eigenvalue weighted by molar-refractivity contribution is 7.88. The van der Waals surface area contributed by atoms with Gasteiger partial charge in [-0.1, -0.05) is 12.1 Å². The van der Waals surface area contributed by atoms with E-state index < -0.39 is 16.1 Å². The molecule has 21 heavy (non-hydrogen) atoms. The van der Waals surface area contributed by atoms with Gasteiger partial charge in [-0.15, -0.1) is 0 Å². The van der Waals surface area contributed by atoms with Gasteiger partial charge < -0.3 is 10.1 Å². The molecule has 1 amide bonds. The zero-order valence-corrected chi connectivity index (χ0v) is 13.0. The minimum absolute atomic E-state index is 0.315. The van der Waals surface area contributed by atoms with E-state index in [1.54, 1.807) is 18.2 Å². The molecule has 1 saturated heterocycles. The standard InChI is InChI=1S/C14H20N2O4S/c1-3-20-13-9-5-4-7-11(13)15-14(17)12-8-6-10-16(12)21(2,18)19/h4-5,7,9,12H,3,6,8,10H2,1-2H3,(H,15,17)/t12-/m1/s1. The van der Waals surface area contributed by atoms with Crippen LogP contribution in [0.15, 0.2) is 24.3 Å². The highest BCUT2D eigenvalue weighted by atomic mass is 32.2. The monoisotopic (exact) mass is 312 g/mol. The summed E-state index contributed by atoms with van der Waals surface area (Å²) in [6.45, 7) is 2.75. The largest absolute Gasteiger partial charge is 0.492 e. The maximum atomic E-state index is 12.4. The van der Waals surface area contributed by atoms with Crippen molar-refractivity contribution in [2.75, 3.05) is 24.7 Å². The van der Waals surface area contributed by atoms with Crippen LogP contribution in [0.1, 0.15) is 19.8 Å². The number of hydrogen-bond acceptors (Lipinski definition) is 4. The van der Waals surface area contributed by atoms with Gasteiger partial charge in [0, 0.05) is 6.54 Å². The lowest BCUT2D eigenvalue weighted by Gasteiger charge is -2.21. The summed E-state index contributed by atoms with van der Waals surface area (Å²) >= 11 is 0. The van der Waals surface area contributed by atoms with E-state index in [0.29, 0.717) is 37.4 Å². The summed E-state index contributed by atoms with van der Waals surface area (Å²) in [6.07, 6.45) is 2.36. The third-order valence-corrected chi connectivity index (χ3v) is 4.67. The lowest BCUT2D eigenvalue weighted by atomic mass is 10.2. The Bertz CT molecular complexity index is 615. The molecule has 2 rings (SSSR count). The van der Waals surface area contributed by atoms with Crippen LogP contribution in [0.5, 0.6) is 5.75 Å². The summed E-state index contributed by atoms with van der Waals surface area (Å²) in [4.78, 5) is 12.4. The van der Waals surface area contributed by atoms with E-state index in [4.69, 9.17) is 4.74 Å². The predicted molar refractivity (Wildman–Crippen MR) is 80.8 cm³/mol. The summed E-state index contributed by atoms with van der Waals surface area (Å²) in [6, 6.07) is 6.47. The molecule has 0 aromatic heterocycles. The number of ether oxygens (including phenoxy) is 1. The van der Waals surface area contributed by atoms with Gasteiger partial charge in [0.15, 0.2) is 0 Å². The third kappa shape index (κ3) is 3.74. The van der Waals surface area contributed by atoms with E-state index >= 15 is 0 Å². The van der Waals surface area contributed by atoms with Gasteiger partial charge in [0.25, 0.3) is 0 Å². The van der Waals surface area contributed by atoms with Gasteiger partial charge in [-0.2, -0.15) is 4.31 Å². The Morgan fingerprint density at radius 1 is 1.43 bits per heavy atom. The summed E-state index contributed by atoms with van der Waals surface area (Å²) in [7, 11) is -3.37. The number of nitrogens with zero attached hydrogens (tertiary/aromatic N) is 1. The molecule has 1 atom stereocenters. The number of carbonyl (C=O) groups is 1. The van der Waals surface area contributed by atoms with Crippen molar-refractivity contribution in [2.24, 2.45) is 0 Å². The highest BCUT2D eigenvalue weighted by Crippen LogP contribution is 2.26. The normalized spacial score (nSPS) is 19.4. The number of nitrogens with one attached hydrogen (secondary N) is 1. The Morgan fingerprint density at radius 2 is 2.14 bits per heavy atom. The minimum Gasteiger partial charge on any atom is -0.492 e. The molecule has 1 N–H and O–H groups in total. The molecule has 0 bridgehead atoms. The molecule has 7 heteroatoms. The maximum Gasteiger partial charge on any atom is 0.242 e. The van der Waals surface area contributed by atoms with Gasteiger partial charge in [0.05, 0.1) is 18.6 Å². The molecule has 1 aromatic rings. The average molecular weight is 312 g/mol. The maximum absolute atomic E-state index is 12.4. The molecule has 1 heterocycles. The van der Waals surface area contributed by atoms with Crippen molar-refractivity contribution in [1.29, 1.82) is 0 Å². The molecular formula is C14H20N2O4S. The van der Waals surface area contributed by atoms with Crippen LogP contribution in [0.3, 0.4) is 0 Å². The second-order valence-electron chi connectivity index (χ2n) is 4.95. The molecule has 1 aliphatic heterocycles. The van der Waals surface area contributed by atoms with Crippen molar-refractivity contribution >= 4 is 21.6 Å². The molecule has 116 valence electrons. The molecule has 1 fully saturated rings. The third-order valence-electron chi connectivity index (χ3n) is 3.38. The lowest BCUT2D eigenvalue weighted by molar-refractivity contribution is -0.119.